The van der Waals surface area contributed by atoms with E-state index in [2.05, 4.69) is 196 Å². The predicted molar refractivity (Wildman–Crippen MR) is 279 cm³/mol. The molecule has 0 bridgehead atoms. The molecule has 4 heteroatoms. The number of aromatic nitrogens is 4. The number of fused-ring (bicyclic) bond motifs is 1. The van der Waals surface area contributed by atoms with Crippen LogP contribution in [0.15, 0.2) is 245 Å². The lowest BCUT2D eigenvalue weighted by atomic mass is 9.90. The van der Waals surface area contributed by atoms with Crippen LogP contribution >= 0.6 is 0 Å². The molecule has 0 aliphatic carbocycles. The average Bonchev–Trinajstić information content (AvgIpc) is 3.41. The molecule has 0 radical (unpaired) electrons. The van der Waals surface area contributed by atoms with Gasteiger partial charge in [-0.3, -0.25) is 4.98 Å². The van der Waals surface area contributed by atoms with Crippen molar-refractivity contribution >= 4 is 22.9 Å². The minimum absolute atomic E-state index is 0.575. The molecule has 0 atom stereocenters. The first kappa shape index (κ1) is 42.4. The number of allylic oxidation sites excluding steroid dienone is 2. The maximum absolute atomic E-state index is 5.19. The van der Waals surface area contributed by atoms with Gasteiger partial charge in [0.15, 0.2) is 17.5 Å². The third-order valence-electron chi connectivity index (χ3n) is 11.5. The Bertz CT molecular complexity index is 3210. The van der Waals surface area contributed by atoms with Crippen molar-refractivity contribution in [2.45, 2.75) is 0 Å². The van der Waals surface area contributed by atoms with Gasteiger partial charge in [0.1, 0.15) is 0 Å². The average molecular weight is 847 g/mol. The number of nitrogens with zero attached hydrogens (tertiary/aromatic N) is 4. The molecule has 8 aromatic carbocycles. The van der Waals surface area contributed by atoms with Gasteiger partial charge in [0.05, 0.1) is 5.69 Å². The molecule has 314 valence electrons. The largest absolute Gasteiger partial charge is 0.256 e. The molecule has 0 amide bonds. The molecule has 0 saturated heterocycles. The monoisotopic (exact) mass is 846 g/mol. The zero-order chi connectivity index (χ0) is 45.2. The van der Waals surface area contributed by atoms with E-state index >= 15 is 0 Å². The van der Waals surface area contributed by atoms with Crippen LogP contribution in [0, 0.1) is 0 Å². The van der Waals surface area contributed by atoms with Crippen LogP contribution in [-0.4, -0.2) is 19.9 Å². The van der Waals surface area contributed by atoms with Crippen molar-refractivity contribution in [2.75, 3.05) is 0 Å². The molecule has 0 aliphatic heterocycles. The maximum Gasteiger partial charge on any atom is 0.164 e. The highest BCUT2D eigenvalue weighted by Crippen LogP contribution is 2.38. The van der Waals surface area contributed by atoms with E-state index in [1.807, 2.05) is 48.7 Å². The van der Waals surface area contributed by atoms with Crippen molar-refractivity contribution in [3.05, 3.63) is 256 Å². The Morgan fingerprint density at radius 2 is 0.742 bits per heavy atom. The highest BCUT2D eigenvalue weighted by Gasteiger charge is 2.17. The molecule has 0 N–H and O–H groups in total. The normalized spacial score (nSPS) is 10.7. The van der Waals surface area contributed by atoms with Crippen molar-refractivity contribution < 1.29 is 0 Å². The van der Waals surface area contributed by atoms with Gasteiger partial charge in [-0.2, -0.15) is 0 Å². The standard InChI is InChI=1S/C58H40N4.C4H6/c1-3-39-38-54(53-20-12-11-19-52(53)51(39)4-2)45-28-22-44(23-29-45)48-35-49(55-21-13-14-34-59-55)37-50(36-48)58-61-56(46-30-24-42(25-31-46)40-15-7-5-8-16-40)60-57(62-58)47-32-26-43(27-33-47)41-17-9-6-10-18-41;1-3-4-2/h3-38H,1-2H2;3-4H,1-2H2. The molecule has 0 saturated carbocycles. The van der Waals surface area contributed by atoms with E-state index in [0.717, 1.165) is 89.0 Å². The summed E-state index contributed by atoms with van der Waals surface area (Å²) in [5, 5.41) is 2.33. The molecule has 2 heterocycles. The Balaban J connectivity index is 0.00000132. The quantitative estimate of drug-likeness (QED) is 0.122. The fourth-order valence-corrected chi connectivity index (χ4v) is 8.15. The number of benzene rings is 8. The van der Waals surface area contributed by atoms with Crippen molar-refractivity contribution in [3.63, 3.8) is 0 Å². The van der Waals surface area contributed by atoms with Crippen molar-refractivity contribution in [1.82, 2.24) is 19.9 Å². The summed E-state index contributed by atoms with van der Waals surface area (Å²) in [5.74, 6) is 1.77. The second kappa shape index (κ2) is 19.7. The van der Waals surface area contributed by atoms with Gasteiger partial charge in [-0.25, -0.2) is 15.0 Å². The van der Waals surface area contributed by atoms with Crippen molar-refractivity contribution in [3.8, 4) is 89.9 Å². The van der Waals surface area contributed by atoms with E-state index in [0.29, 0.717) is 17.5 Å². The first-order valence-electron chi connectivity index (χ1n) is 21.8. The van der Waals surface area contributed by atoms with Crippen molar-refractivity contribution in [2.24, 2.45) is 0 Å². The van der Waals surface area contributed by atoms with E-state index in [1.165, 1.54) is 5.39 Å². The Hall–Kier alpha value is -8.86. The molecule has 0 aliphatic rings. The van der Waals surface area contributed by atoms with E-state index < -0.39 is 0 Å². The molecular formula is C62H46N4. The Morgan fingerprint density at radius 3 is 1.24 bits per heavy atom. The highest BCUT2D eigenvalue weighted by atomic mass is 15.0. The maximum atomic E-state index is 5.19. The number of hydrogen-bond donors (Lipinski definition) is 0. The summed E-state index contributed by atoms with van der Waals surface area (Å²) in [4.78, 5) is 20.2. The van der Waals surface area contributed by atoms with E-state index in [9.17, 15) is 0 Å². The molecule has 2 aromatic heterocycles. The SMILES string of the molecule is C=CC=C.C=Cc1cc(-c2ccc(-c3cc(-c4ccccn4)cc(-c4nc(-c5ccc(-c6ccccc6)cc5)nc(-c5ccc(-c6ccccc6)cc5)n4)c3)cc2)c2ccccc2c1C=C. The molecular weight excluding hydrogens is 801 g/mol. The van der Waals surface area contributed by atoms with Crippen LogP contribution < -0.4 is 0 Å². The molecule has 66 heavy (non-hydrogen) atoms. The van der Waals surface area contributed by atoms with Crippen LogP contribution in [0.25, 0.3) is 113 Å². The van der Waals surface area contributed by atoms with Gasteiger partial charge in [0.2, 0.25) is 0 Å². The lowest BCUT2D eigenvalue weighted by Crippen LogP contribution is -2.01. The van der Waals surface area contributed by atoms with Gasteiger partial charge in [-0.05, 0) is 103 Å². The smallest absolute Gasteiger partial charge is 0.164 e. The molecule has 0 spiro atoms. The van der Waals surface area contributed by atoms with Crippen LogP contribution in [0.1, 0.15) is 11.1 Å². The second-order valence-corrected chi connectivity index (χ2v) is 15.6. The molecule has 10 rings (SSSR count). The Kier molecular flexibility index (Phi) is 12.7. The van der Waals surface area contributed by atoms with Crippen LogP contribution in [0.3, 0.4) is 0 Å². The fourth-order valence-electron chi connectivity index (χ4n) is 8.15. The van der Waals surface area contributed by atoms with E-state index in [1.54, 1.807) is 12.2 Å². The first-order valence-corrected chi connectivity index (χ1v) is 21.8. The topological polar surface area (TPSA) is 51.6 Å². The summed E-state index contributed by atoms with van der Waals surface area (Å²) in [6.07, 6.45) is 8.93. The summed E-state index contributed by atoms with van der Waals surface area (Å²) < 4.78 is 0. The number of pyridine rings is 1. The third kappa shape index (κ3) is 9.12. The zero-order valence-electron chi connectivity index (χ0n) is 36.6. The van der Waals surface area contributed by atoms with Crippen LogP contribution in [0.5, 0.6) is 0 Å². The summed E-state index contributed by atoms with van der Waals surface area (Å²) in [7, 11) is 0. The van der Waals surface area contributed by atoms with Crippen LogP contribution in [-0.2, 0) is 0 Å². The Labute approximate surface area is 387 Å². The van der Waals surface area contributed by atoms with Crippen molar-refractivity contribution in [1.29, 1.82) is 0 Å². The van der Waals surface area contributed by atoms with Gasteiger partial charge in [0.25, 0.3) is 0 Å². The second-order valence-electron chi connectivity index (χ2n) is 15.6. The van der Waals surface area contributed by atoms with Gasteiger partial charge >= 0.3 is 0 Å². The lowest BCUT2D eigenvalue weighted by Gasteiger charge is -2.14. The van der Waals surface area contributed by atoms with Crippen LogP contribution in [0.2, 0.25) is 0 Å². The fraction of sp³-hybridized carbons (Fsp3) is 0. The molecule has 0 fully saturated rings. The molecule has 4 nitrogen and oxygen atoms in total. The van der Waals surface area contributed by atoms with Crippen LogP contribution in [0.4, 0.5) is 0 Å². The summed E-state index contributed by atoms with van der Waals surface area (Å²) in [6.45, 7) is 14.9. The minimum Gasteiger partial charge on any atom is -0.256 e. The minimum atomic E-state index is 0.575. The van der Waals surface area contributed by atoms with E-state index in [4.69, 9.17) is 19.9 Å². The van der Waals surface area contributed by atoms with Gasteiger partial charge in [-0.1, -0.05) is 214 Å². The summed E-state index contributed by atoms with van der Waals surface area (Å²) in [5.41, 5.74) is 15.6. The summed E-state index contributed by atoms with van der Waals surface area (Å²) >= 11 is 0. The zero-order valence-corrected chi connectivity index (χ0v) is 36.6. The van der Waals surface area contributed by atoms with Gasteiger partial charge in [0, 0.05) is 28.5 Å². The Morgan fingerprint density at radius 1 is 0.318 bits per heavy atom. The third-order valence-corrected chi connectivity index (χ3v) is 11.5. The molecule has 10 aromatic rings. The first-order chi connectivity index (χ1) is 32.5. The predicted octanol–water partition coefficient (Wildman–Crippen LogP) is 16.4. The summed E-state index contributed by atoms with van der Waals surface area (Å²) in [6, 6.07) is 69.6. The number of hydrogen-bond acceptors (Lipinski definition) is 4. The van der Waals surface area contributed by atoms with Gasteiger partial charge < -0.3 is 0 Å². The van der Waals surface area contributed by atoms with Gasteiger partial charge in [-0.15, -0.1) is 0 Å². The van der Waals surface area contributed by atoms with E-state index in [-0.39, 0.29) is 0 Å². The number of rotatable bonds is 11. The lowest BCUT2D eigenvalue weighted by molar-refractivity contribution is 1.07. The highest BCUT2D eigenvalue weighted by molar-refractivity contribution is 6.03. The molecule has 0 unspecified atom stereocenters.